The van der Waals surface area contributed by atoms with E-state index >= 15 is 0 Å². The van der Waals surface area contributed by atoms with Crippen LogP contribution in [0.1, 0.15) is 0 Å². The van der Waals surface area contributed by atoms with Gasteiger partial charge in [-0.3, -0.25) is 0 Å². The maximum atomic E-state index is 5.37. The summed E-state index contributed by atoms with van der Waals surface area (Å²) < 4.78 is 0. The van der Waals surface area contributed by atoms with Crippen molar-refractivity contribution in [1.82, 2.24) is 9.97 Å². The predicted molar refractivity (Wildman–Crippen MR) is 50.7 cm³/mol. The van der Waals surface area contributed by atoms with Gasteiger partial charge in [0.2, 0.25) is 5.95 Å². The van der Waals surface area contributed by atoms with Crippen molar-refractivity contribution in [2.24, 2.45) is 0 Å². The second-order valence-electron chi connectivity index (χ2n) is 2.62. The predicted octanol–water partition coefficient (Wildman–Crippen LogP) is 1.53. The highest BCUT2D eigenvalue weighted by atomic mass is 15.0. The van der Waals surface area contributed by atoms with Crippen LogP contribution in [0, 0.1) is 6.07 Å². The molecule has 13 heavy (non-hydrogen) atoms. The minimum Gasteiger partial charge on any atom is -0.368 e. The van der Waals surface area contributed by atoms with Gasteiger partial charge in [0.25, 0.3) is 0 Å². The lowest BCUT2D eigenvalue weighted by Gasteiger charge is -1.98. The van der Waals surface area contributed by atoms with E-state index in [9.17, 15) is 0 Å². The first-order valence-corrected chi connectivity index (χ1v) is 3.90. The van der Waals surface area contributed by atoms with Gasteiger partial charge in [0, 0.05) is 18.0 Å². The van der Waals surface area contributed by atoms with E-state index < -0.39 is 0 Å². The quantitative estimate of drug-likeness (QED) is 0.706. The fourth-order valence-electron chi connectivity index (χ4n) is 1.06. The van der Waals surface area contributed by atoms with E-state index in [0.29, 0.717) is 5.95 Å². The van der Waals surface area contributed by atoms with Crippen molar-refractivity contribution < 1.29 is 0 Å². The summed E-state index contributed by atoms with van der Waals surface area (Å²) >= 11 is 0. The van der Waals surface area contributed by atoms with E-state index in [4.69, 9.17) is 5.73 Å². The fourth-order valence-corrected chi connectivity index (χ4v) is 1.06. The molecule has 0 aliphatic carbocycles. The first kappa shape index (κ1) is 7.73. The van der Waals surface area contributed by atoms with Crippen molar-refractivity contribution in [3.05, 3.63) is 42.7 Å². The average Bonchev–Trinajstić information content (AvgIpc) is 2.20. The van der Waals surface area contributed by atoms with Gasteiger partial charge < -0.3 is 5.73 Å². The summed E-state index contributed by atoms with van der Waals surface area (Å²) in [6.07, 6.45) is 3.40. The highest BCUT2D eigenvalue weighted by molar-refractivity contribution is 5.61. The molecule has 0 atom stereocenters. The highest BCUT2D eigenvalue weighted by Gasteiger charge is 1.96. The molecule has 2 N–H and O–H groups in total. The van der Waals surface area contributed by atoms with E-state index in [1.54, 1.807) is 12.4 Å². The lowest BCUT2D eigenvalue weighted by Crippen LogP contribution is -1.93. The zero-order valence-electron chi connectivity index (χ0n) is 6.94. The van der Waals surface area contributed by atoms with Crippen LogP contribution in [-0.4, -0.2) is 9.97 Å². The molecule has 1 radical (unpaired) electrons. The zero-order valence-corrected chi connectivity index (χ0v) is 6.94. The molecule has 0 aliphatic rings. The molecule has 0 unspecified atom stereocenters. The van der Waals surface area contributed by atoms with E-state index in [1.807, 2.05) is 24.3 Å². The topological polar surface area (TPSA) is 51.8 Å². The third-order valence-electron chi connectivity index (χ3n) is 1.71. The van der Waals surface area contributed by atoms with E-state index in [2.05, 4.69) is 16.0 Å². The number of aromatic nitrogens is 2. The van der Waals surface area contributed by atoms with Gasteiger partial charge in [0.15, 0.2) is 0 Å². The molecule has 0 bridgehead atoms. The molecular formula is C10H8N3. The molecule has 2 aromatic rings. The van der Waals surface area contributed by atoms with E-state index in [0.717, 1.165) is 11.1 Å². The summed E-state index contributed by atoms with van der Waals surface area (Å²) in [4.78, 5) is 7.82. The van der Waals surface area contributed by atoms with Gasteiger partial charge in [0.05, 0.1) is 0 Å². The third kappa shape index (κ3) is 1.64. The molecule has 3 nitrogen and oxygen atoms in total. The molecule has 0 saturated carbocycles. The van der Waals surface area contributed by atoms with Gasteiger partial charge in [-0.2, -0.15) is 0 Å². The Morgan fingerprint density at radius 2 is 1.92 bits per heavy atom. The van der Waals surface area contributed by atoms with Crippen LogP contribution in [0.25, 0.3) is 11.1 Å². The smallest absolute Gasteiger partial charge is 0.219 e. The number of anilines is 1. The normalized spacial score (nSPS) is 9.85. The van der Waals surface area contributed by atoms with Crippen LogP contribution in [0.4, 0.5) is 5.95 Å². The minimum absolute atomic E-state index is 0.295. The number of nitrogen functional groups attached to an aromatic ring is 1. The molecule has 0 spiro atoms. The molecule has 2 rings (SSSR count). The van der Waals surface area contributed by atoms with Crippen LogP contribution in [0.15, 0.2) is 36.7 Å². The summed E-state index contributed by atoms with van der Waals surface area (Å²) in [6, 6.07) is 10.6. The van der Waals surface area contributed by atoms with Crippen LogP contribution >= 0.6 is 0 Å². The van der Waals surface area contributed by atoms with Crippen molar-refractivity contribution in [2.45, 2.75) is 0 Å². The fraction of sp³-hybridized carbons (Fsp3) is 0. The maximum absolute atomic E-state index is 5.37. The standard InChI is InChI=1S/C10H8N3/c11-10-12-6-9(7-13-10)8-4-2-1-3-5-8/h1-2,4-7H,(H2,11,12,13). The number of hydrogen-bond donors (Lipinski definition) is 1. The summed E-state index contributed by atoms with van der Waals surface area (Å²) in [5, 5.41) is 0. The van der Waals surface area contributed by atoms with Crippen LogP contribution in [0.2, 0.25) is 0 Å². The summed E-state index contributed by atoms with van der Waals surface area (Å²) in [5.74, 6) is 0.295. The van der Waals surface area contributed by atoms with Crippen LogP contribution in [0.5, 0.6) is 0 Å². The molecule has 3 heteroatoms. The molecule has 0 amide bonds. The number of nitrogens with two attached hydrogens (primary N) is 1. The summed E-state index contributed by atoms with van der Waals surface area (Å²) in [7, 11) is 0. The van der Waals surface area contributed by atoms with Gasteiger partial charge in [0.1, 0.15) is 0 Å². The first-order valence-electron chi connectivity index (χ1n) is 3.90. The Kier molecular flexibility index (Phi) is 1.92. The van der Waals surface area contributed by atoms with Gasteiger partial charge >= 0.3 is 0 Å². The lowest BCUT2D eigenvalue weighted by atomic mass is 10.1. The largest absolute Gasteiger partial charge is 0.368 e. The molecule has 0 saturated heterocycles. The van der Waals surface area contributed by atoms with Crippen LogP contribution in [-0.2, 0) is 0 Å². The van der Waals surface area contributed by atoms with Crippen LogP contribution < -0.4 is 5.73 Å². The van der Waals surface area contributed by atoms with Crippen LogP contribution in [0.3, 0.4) is 0 Å². The third-order valence-corrected chi connectivity index (χ3v) is 1.71. The van der Waals surface area contributed by atoms with Crippen molar-refractivity contribution >= 4 is 5.95 Å². The highest BCUT2D eigenvalue weighted by Crippen LogP contribution is 2.15. The first-order chi connectivity index (χ1) is 6.36. The lowest BCUT2D eigenvalue weighted by molar-refractivity contribution is 1.19. The Labute approximate surface area is 76.3 Å². The van der Waals surface area contributed by atoms with Crippen molar-refractivity contribution in [1.29, 1.82) is 0 Å². The Morgan fingerprint density at radius 3 is 2.54 bits per heavy atom. The Bertz CT molecular complexity index is 381. The maximum Gasteiger partial charge on any atom is 0.219 e. The van der Waals surface area contributed by atoms with E-state index in [-0.39, 0.29) is 0 Å². The number of nitrogens with zero attached hydrogens (tertiary/aromatic N) is 2. The van der Waals surface area contributed by atoms with Gasteiger partial charge in [-0.1, -0.05) is 18.2 Å². The number of rotatable bonds is 1. The SMILES string of the molecule is Nc1ncc(-c2c[c]ccc2)cn1. The second kappa shape index (κ2) is 3.23. The molecule has 1 heterocycles. The second-order valence-corrected chi connectivity index (χ2v) is 2.62. The van der Waals surface area contributed by atoms with Gasteiger partial charge in [-0.25, -0.2) is 9.97 Å². The molecule has 1 aromatic carbocycles. The van der Waals surface area contributed by atoms with E-state index in [1.165, 1.54) is 0 Å². The molecule has 0 fully saturated rings. The summed E-state index contributed by atoms with van der Waals surface area (Å²) in [5.41, 5.74) is 7.37. The van der Waals surface area contributed by atoms with Crippen molar-refractivity contribution in [3.8, 4) is 11.1 Å². The van der Waals surface area contributed by atoms with Gasteiger partial charge in [-0.05, 0) is 17.7 Å². The Morgan fingerprint density at radius 1 is 1.15 bits per heavy atom. The minimum atomic E-state index is 0.295. The number of hydrogen-bond acceptors (Lipinski definition) is 3. The molecule has 1 aromatic heterocycles. The van der Waals surface area contributed by atoms with Crippen molar-refractivity contribution in [2.75, 3.05) is 5.73 Å². The average molecular weight is 170 g/mol. The zero-order chi connectivity index (χ0) is 9.10. The molecule has 0 aliphatic heterocycles. The number of benzene rings is 1. The Balaban J connectivity index is 2.42. The van der Waals surface area contributed by atoms with Crippen molar-refractivity contribution in [3.63, 3.8) is 0 Å². The molecular weight excluding hydrogens is 162 g/mol. The molecule has 63 valence electrons. The monoisotopic (exact) mass is 170 g/mol. The summed E-state index contributed by atoms with van der Waals surface area (Å²) in [6.45, 7) is 0. The van der Waals surface area contributed by atoms with Gasteiger partial charge in [-0.15, -0.1) is 0 Å². The Hall–Kier alpha value is -1.90.